The molecule has 1 aromatic carbocycles. The zero-order chi connectivity index (χ0) is 22.8. The molecule has 8 heteroatoms. The first-order valence-electron chi connectivity index (χ1n) is 11.3. The summed E-state index contributed by atoms with van der Waals surface area (Å²) in [6, 6.07) is 13.6. The number of nitrogens with zero attached hydrogens (tertiary/aromatic N) is 3. The summed E-state index contributed by atoms with van der Waals surface area (Å²) in [4.78, 5) is 30.2. The van der Waals surface area contributed by atoms with Gasteiger partial charge in [0.2, 0.25) is 0 Å². The third-order valence-corrected chi connectivity index (χ3v) is 5.40. The summed E-state index contributed by atoms with van der Waals surface area (Å²) in [5.74, 6) is 0.780. The van der Waals surface area contributed by atoms with Crippen LogP contribution in [0.4, 0.5) is 4.79 Å². The lowest BCUT2D eigenvalue weighted by Crippen LogP contribution is -2.49. The first-order valence-corrected chi connectivity index (χ1v) is 11.3. The molecule has 0 bridgehead atoms. The van der Waals surface area contributed by atoms with Gasteiger partial charge >= 0.3 is 6.09 Å². The van der Waals surface area contributed by atoms with Gasteiger partial charge in [-0.3, -0.25) is 4.79 Å². The number of aliphatic imine (C=N–C) groups is 1. The molecule has 0 saturated carbocycles. The van der Waals surface area contributed by atoms with Crippen LogP contribution in [0.3, 0.4) is 0 Å². The molecule has 8 nitrogen and oxygen atoms in total. The molecule has 1 amide bonds. The van der Waals surface area contributed by atoms with Crippen LogP contribution in [0.5, 0.6) is 0 Å². The highest BCUT2D eigenvalue weighted by Gasteiger charge is 2.24. The molecule has 32 heavy (non-hydrogen) atoms. The Labute approximate surface area is 189 Å². The van der Waals surface area contributed by atoms with Gasteiger partial charge in [-0.2, -0.15) is 0 Å². The van der Waals surface area contributed by atoms with Crippen molar-refractivity contribution in [1.29, 1.82) is 0 Å². The van der Waals surface area contributed by atoms with Crippen molar-refractivity contribution in [3.05, 3.63) is 70.1 Å². The van der Waals surface area contributed by atoms with Gasteiger partial charge < -0.3 is 24.8 Å². The van der Waals surface area contributed by atoms with Crippen molar-refractivity contribution in [1.82, 2.24) is 20.1 Å². The minimum Gasteiger partial charge on any atom is -0.450 e. The van der Waals surface area contributed by atoms with Gasteiger partial charge in [-0.15, -0.1) is 0 Å². The van der Waals surface area contributed by atoms with E-state index in [0.29, 0.717) is 32.8 Å². The fourth-order valence-corrected chi connectivity index (χ4v) is 3.64. The van der Waals surface area contributed by atoms with Gasteiger partial charge in [-0.05, 0) is 43.9 Å². The number of hydrogen-bond donors (Lipinski definition) is 2. The Morgan fingerprint density at radius 3 is 2.47 bits per heavy atom. The Hall–Kier alpha value is -3.29. The zero-order valence-corrected chi connectivity index (χ0v) is 18.9. The molecule has 1 aliphatic rings. The monoisotopic (exact) mass is 439 g/mol. The summed E-state index contributed by atoms with van der Waals surface area (Å²) >= 11 is 0. The fraction of sp³-hybridized carbons (Fsp3) is 0.458. The number of likely N-dealkylation sites (tertiary alicyclic amines) is 1. The summed E-state index contributed by atoms with van der Waals surface area (Å²) in [6.07, 6.45) is 3.28. The van der Waals surface area contributed by atoms with Crippen LogP contribution >= 0.6 is 0 Å². The Morgan fingerprint density at radius 1 is 1.09 bits per heavy atom. The number of carbonyl (C=O) groups is 1. The van der Waals surface area contributed by atoms with Crippen LogP contribution in [0.15, 0.2) is 58.4 Å². The number of amides is 1. The summed E-state index contributed by atoms with van der Waals surface area (Å²) in [6.45, 7) is 7.52. The smallest absolute Gasteiger partial charge is 0.409 e. The van der Waals surface area contributed by atoms with E-state index < -0.39 is 0 Å². The summed E-state index contributed by atoms with van der Waals surface area (Å²) in [7, 11) is 0. The van der Waals surface area contributed by atoms with Gasteiger partial charge in [-0.1, -0.05) is 30.3 Å². The van der Waals surface area contributed by atoms with E-state index in [9.17, 15) is 9.59 Å². The second-order valence-electron chi connectivity index (χ2n) is 7.78. The lowest BCUT2D eigenvalue weighted by molar-refractivity contribution is 0.0963. The van der Waals surface area contributed by atoms with E-state index in [-0.39, 0.29) is 17.7 Å². The van der Waals surface area contributed by atoms with E-state index in [1.165, 1.54) is 0 Å². The van der Waals surface area contributed by atoms with Crippen LogP contribution in [-0.2, 0) is 17.8 Å². The molecule has 0 aliphatic carbocycles. The third kappa shape index (κ3) is 6.87. The maximum atomic E-state index is 11.9. The minimum absolute atomic E-state index is 0.00405. The summed E-state index contributed by atoms with van der Waals surface area (Å²) in [5, 5.41) is 6.79. The lowest BCUT2D eigenvalue weighted by Gasteiger charge is -2.32. The number of benzene rings is 1. The number of nitrogens with one attached hydrogen (secondary N) is 2. The van der Waals surface area contributed by atoms with E-state index in [0.717, 1.165) is 36.5 Å². The Bertz CT molecular complexity index is 947. The second kappa shape index (κ2) is 11.9. The van der Waals surface area contributed by atoms with Gasteiger partial charge in [0.05, 0.1) is 19.7 Å². The van der Waals surface area contributed by atoms with Crippen LogP contribution < -0.4 is 16.2 Å². The molecule has 0 atom stereocenters. The van der Waals surface area contributed by atoms with Gasteiger partial charge in [0.25, 0.3) is 5.56 Å². The molecule has 2 aromatic rings. The number of rotatable bonds is 7. The Balaban J connectivity index is 1.53. The quantitative estimate of drug-likeness (QED) is 0.511. The maximum absolute atomic E-state index is 11.9. The molecule has 2 N–H and O–H groups in total. The molecule has 172 valence electrons. The first kappa shape index (κ1) is 23.4. The Morgan fingerprint density at radius 2 is 1.81 bits per heavy atom. The molecular formula is C24H33N5O3. The van der Waals surface area contributed by atoms with Crippen LogP contribution in [0.1, 0.15) is 37.8 Å². The average molecular weight is 440 g/mol. The number of ether oxygens (including phenoxy) is 1. The topological polar surface area (TPSA) is 88.0 Å². The highest BCUT2D eigenvalue weighted by molar-refractivity contribution is 5.80. The number of hydrogen-bond acceptors (Lipinski definition) is 4. The second-order valence-corrected chi connectivity index (χ2v) is 7.78. The standard InChI is InChI=1S/C24H33N5O3/c1-3-25-23(27-21-12-15-28(16-13-21)24(31)32-4-2)26-17-19-8-10-20(11-9-19)18-29-14-6-5-7-22(29)30/h5-11,14,21H,3-4,12-13,15-18H2,1-2H3,(H2,25,26,27). The van der Waals surface area contributed by atoms with Gasteiger partial charge in [0.1, 0.15) is 0 Å². The molecule has 1 aromatic heterocycles. The van der Waals surface area contributed by atoms with E-state index >= 15 is 0 Å². The predicted molar refractivity (Wildman–Crippen MR) is 126 cm³/mol. The molecule has 0 spiro atoms. The van der Waals surface area contributed by atoms with Gasteiger partial charge in [0.15, 0.2) is 5.96 Å². The molecule has 1 fully saturated rings. The molecule has 0 unspecified atom stereocenters. The van der Waals surface area contributed by atoms with Gasteiger partial charge in [0, 0.05) is 37.9 Å². The highest BCUT2D eigenvalue weighted by atomic mass is 16.6. The molecule has 1 saturated heterocycles. The van der Waals surface area contributed by atoms with Gasteiger partial charge in [-0.25, -0.2) is 9.79 Å². The lowest BCUT2D eigenvalue weighted by atomic mass is 10.1. The van der Waals surface area contributed by atoms with Crippen molar-refractivity contribution in [2.45, 2.75) is 45.8 Å². The van der Waals surface area contributed by atoms with E-state index in [4.69, 9.17) is 9.73 Å². The number of piperidine rings is 1. The zero-order valence-electron chi connectivity index (χ0n) is 18.9. The van der Waals surface area contributed by atoms with Crippen LogP contribution in [0.2, 0.25) is 0 Å². The van der Waals surface area contributed by atoms with Crippen molar-refractivity contribution in [2.24, 2.45) is 4.99 Å². The predicted octanol–water partition coefficient (Wildman–Crippen LogP) is 2.57. The van der Waals surface area contributed by atoms with Crippen LogP contribution in [0, 0.1) is 0 Å². The number of guanidine groups is 1. The summed E-state index contributed by atoms with van der Waals surface area (Å²) in [5.41, 5.74) is 2.17. The third-order valence-electron chi connectivity index (χ3n) is 5.40. The molecule has 0 radical (unpaired) electrons. The van der Waals surface area contributed by atoms with Crippen molar-refractivity contribution >= 4 is 12.1 Å². The Kier molecular flexibility index (Phi) is 8.71. The van der Waals surface area contributed by atoms with Crippen molar-refractivity contribution in [3.63, 3.8) is 0 Å². The van der Waals surface area contributed by atoms with E-state index in [1.807, 2.05) is 44.2 Å². The SMILES string of the molecule is CCNC(=NCc1ccc(Cn2ccccc2=O)cc1)NC1CCN(C(=O)OCC)CC1. The van der Waals surface area contributed by atoms with Crippen LogP contribution in [0.25, 0.3) is 0 Å². The number of pyridine rings is 1. The largest absolute Gasteiger partial charge is 0.450 e. The molecular weight excluding hydrogens is 406 g/mol. The normalized spacial score (nSPS) is 14.8. The number of carbonyl (C=O) groups excluding carboxylic acids is 1. The maximum Gasteiger partial charge on any atom is 0.409 e. The molecule has 1 aliphatic heterocycles. The van der Waals surface area contributed by atoms with Crippen molar-refractivity contribution < 1.29 is 9.53 Å². The van der Waals surface area contributed by atoms with E-state index in [1.54, 1.807) is 27.8 Å². The van der Waals surface area contributed by atoms with Crippen molar-refractivity contribution in [2.75, 3.05) is 26.2 Å². The first-order chi connectivity index (χ1) is 15.6. The van der Waals surface area contributed by atoms with Crippen molar-refractivity contribution in [3.8, 4) is 0 Å². The number of aromatic nitrogens is 1. The fourth-order valence-electron chi connectivity index (χ4n) is 3.64. The average Bonchev–Trinajstić information content (AvgIpc) is 2.81. The summed E-state index contributed by atoms with van der Waals surface area (Å²) < 4.78 is 6.77. The van der Waals surface area contributed by atoms with Crippen LogP contribution in [-0.4, -0.2) is 53.8 Å². The molecule has 2 heterocycles. The minimum atomic E-state index is -0.230. The molecule has 3 rings (SSSR count). The van der Waals surface area contributed by atoms with E-state index in [2.05, 4.69) is 10.6 Å². The highest BCUT2D eigenvalue weighted by Crippen LogP contribution is 2.12.